The van der Waals surface area contributed by atoms with Gasteiger partial charge in [0.05, 0.1) is 19.3 Å². The molecule has 0 aromatic carbocycles. The highest BCUT2D eigenvalue weighted by atomic mass is 16.7. The summed E-state index contributed by atoms with van der Waals surface area (Å²) in [7, 11) is 0. The van der Waals surface area contributed by atoms with Gasteiger partial charge in [-0.2, -0.15) is 5.26 Å². The second-order valence-electron chi connectivity index (χ2n) is 10.0. The van der Waals surface area contributed by atoms with Crippen molar-refractivity contribution >= 4 is 0 Å². The number of nitriles is 1. The highest BCUT2D eigenvalue weighted by Crippen LogP contribution is 2.67. The predicted molar refractivity (Wildman–Crippen MR) is 96.9 cm³/mol. The molecule has 4 fully saturated rings. The van der Waals surface area contributed by atoms with Crippen molar-refractivity contribution < 1.29 is 14.6 Å². The summed E-state index contributed by atoms with van der Waals surface area (Å²) in [5, 5.41) is 20.6. The van der Waals surface area contributed by atoms with Crippen LogP contribution < -0.4 is 0 Å². The molecule has 26 heavy (non-hydrogen) atoms. The summed E-state index contributed by atoms with van der Waals surface area (Å²) < 4.78 is 12.0. The van der Waals surface area contributed by atoms with Crippen LogP contribution >= 0.6 is 0 Å². The molecule has 6 atom stereocenters. The maximum absolute atomic E-state index is 11.0. The van der Waals surface area contributed by atoms with Gasteiger partial charge in [0.1, 0.15) is 0 Å². The molecule has 0 aromatic rings. The topological polar surface area (TPSA) is 62.5 Å². The maximum atomic E-state index is 11.0. The summed E-state index contributed by atoms with van der Waals surface area (Å²) in [4.78, 5) is 0. The lowest BCUT2D eigenvalue weighted by Crippen LogP contribution is -2.55. The van der Waals surface area contributed by atoms with E-state index < -0.39 is 5.60 Å². The molecule has 3 saturated carbocycles. The standard InChI is InChI=1S/C22H31NO3/c1-19-9-10-22(25-11-12-26-22)13-15(19)3-4-16-17(19)5-7-20(2)18(16)6-8-21(20,24)14-23/h3,16-18,24H,4-13H2,1-2H3/t16?,17?,18?,19?,20?,21-/m0/s1. The van der Waals surface area contributed by atoms with E-state index in [0.717, 1.165) is 58.2 Å². The van der Waals surface area contributed by atoms with Gasteiger partial charge in [0.25, 0.3) is 0 Å². The van der Waals surface area contributed by atoms with Crippen LogP contribution in [-0.2, 0) is 9.47 Å². The van der Waals surface area contributed by atoms with E-state index in [1.54, 1.807) is 5.57 Å². The number of nitrogens with zero attached hydrogens (tertiary/aromatic N) is 1. The first-order valence-electron chi connectivity index (χ1n) is 10.5. The van der Waals surface area contributed by atoms with Gasteiger partial charge in [-0.3, -0.25) is 0 Å². The normalized spacial score (nSPS) is 51.9. The Hall–Kier alpha value is -0.890. The first-order valence-corrected chi connectivity index (χ1v) is 10.5. The molecule has 0 radical (unpaired) electrons. The zero-order chi connectivity index (χ0) is 18.2. The van der Waals surface area contributed by atoms with Gasteiger partial charge in [-0.05, 0) is 61.7 Å². The number of rotatable bonds is 0. The lowest BCUT2D eigenvalue weighted by molar-refractivity contribution is -0.186. The predicted octanol–water partition coefficient (Wildman–Crippen LogP) is 3.95. The third-order valence-electron chi connectivity index (χ3n) is 9.26. The van der Waals surface area contributed by atoms with Gasteiger partial charge < -0.3 is 14.6 Å². The van der Waals surface area contributed by atoms with Crippen LogP contribution in [-0.4, -0.2) is 29.7 Å². The lowest BCUT2D eigenvalue weighted by Gasteiger charge is -2.59. The number of ether oxygens (including phenoxy) is 2. The molecular weight excluding hydrogens is 326 g/mol. The Morgan fingerprint density at radius 1 is 1.08 bits per heavy atom. The maximum Gasteiger partial charge on any atom is 0.172 e. The Morgan fingerprint density at radius 3 is 2.54 bits per heavy atom. The van der Waals surface area contributed by atoms with E-state index >= 15 is 0 Å². The molecule has 5 unspecified atom stereocenters. The van der Waals surface area contributed by atoms with Crippen LogP contribution in [0.5, 0.6) is 0 Å². The molecule has 1 N–H and O–H groups in total. The summed E-state index contributed by atoms with van der Waals surface area (Å²) in [5.41, 5.74) is 0.412. The van der Waals surface area contributed by atoms with E-state index in [9.17, 15) is 10.4 Å². The minimum atomic E-state index is -1.13. The molecule has 1 saturated heterocycles. The Morgan fingerprint density at radius 2 is 1.81 bits per heavy atom. The third-order valence-corrected chi connectivity index (χ3v) is 9.26. The quantitative estimate of drug-likeness (QED) is 0.527. The van der Waals surface area contributed by atoms with E-state index in [1.165, 1.54) is 0 Å². The average molecular weight is 357 g/mol. The summed E-state index contributed by atoms with van der Waals surface area (Å²) in [6.45, 7) is 6.10. The van der Waals surface area contributed by atoms with Crippen molar-refractivity contribution in [1.82, 2.24) is 0 Å². The second-order valence-corrected chi connectivity index (χ2v) is 10.0. The van der Waals surface area contributed by atoms with Gasteiger partial charge in [-0.15, -0.1) is 0 Å². The molecular formula is C22H31NO3. The van der Waals surface area contributed by atoms with Gasteiger partial charge >= 0.3 is 0 Å². The van der Waals surface area contributed by atoms with Crippen LogP contribution in [0.4, 0.5) is 0 Å². The van der Waals surface area contributed by atoms with Gasteiger partial charge in [0, 0.05) is 18.3 Å². The van der Waals surface area contributed by atoms with Crippen molar-refractivity contribution in [1.29, 1.82) is 5.26 Å². The van der Waals surface area contributed by atoms with Crippen molar-refractivity contribution in [3.8, 4) is 6.07 Å². The fraction of sp³-hybridized carbons (Fsp3) is 0.864. The number of hydrogen-bond donors (Lipinski definition) is 1. The fourth-order valence-electron chi connectivity index (χ4n) is 7.55. The smallest absolute Gasteiger partial charge is 0.172 e. The number of hydrogen-bond acceptors (Lipinski definition) is 4. The highest BCUT2D eigenvalue weighted by molar-refractivity contribution is 5.28. The SMILES string of the molecule is CC12CCC3(CC1=CCC1C2CCC2(C)C1CC[C@]2(O)C#N)OCCO3. The van der Waals surface area contributed by atoms with E-state index in [-0.39, 0.29) is 16.6 Å². The molecule has 5 aliphatic rings. The Labute approximate surface area is 156 Å². The minimum Gasteiger partial charge on any atom is -0.375 e. The molecule has 1 aliphatic heterocycles. The van der Waals surface area contributed by atoms with Crippen LogP contribution in [0.15, 0.2) is 11.6 Å². The molecule has 0 aromatic heterocycles. The Balaban J connectivity index is 1.47. The van der Waals surface area contributed by atoms with Crippen molar-refractivity contribution in [2.45, 2.75) is 76.6 Å². The zero-order valence-electron chi connectivity index (χ0n) is 16.1. The van der Waals surface area contributed by atoms with Crippen LogP contribution in [0.1, 0.15) is 65.2 Å². The van der Waals surface area contributed by atoms with E-state index in [0.29, 0.717) is 24.2 Å². The molecule has 1 heterocycles. The summed E-state index contributed by atoms with van der Waals surface area (Å²) in [6.07, 6.45) is 10.4. The van der Waals surface area contributed by atoms with Gasteiger partial charge in [-0.1, -0.05) is 25.5 Å². The molecule has 142 valence electrons. The molecule has 1 spiro atoms. The van der Waals surface area contributed by atoms with Crippen molar-refractivity contribution in [3.63, 3.8) is 0 Å². The van der Waals surface area contributed by atoms with E-state index in [4.69, 9.17) is 9.47 Å². The van der Waals surface area contributed by atoms with Crippen molar-refractivity contribution in [3.05, 3.63) is 11.6 Å². The molecule has 4 aliphatic carbocycles. The van der Waals surface area contributed by atoms with Crippen LogP contribution in [0.2, 0.25) is 0 Å². The number of fused-ring (bicyclic) bond motifs is 5. The van der Waals surface area contributed by atoms with Gasteiger partial charge in [-0.25, -0.2) is 0 Å². The summed E-state index contributed by atoms with van der Waals surface area (Å²) >= 11 is 0. The third kappa shape index (κ3) is 2.00. The molecule has 4 nitrogen and oxygen atoms in total. The van der Waals surface area contributed by atoms with Crippen molar-refractivity contribution in [2.75, 3.05) is 13.2 Å². The summed E-state index contributed by atoms with van der Waals surface area (Å²) in [6, 6.07) is 2.28. The highest BCUT2D eigenvalue weighted by Gasteiger charge is 2.64. The second kappa shape index (κ2) is 5.34. The fourth-order valence-corrected chi connectivity index (χ4v) is 7.55. The van der Waals surface area contributed by atoms with Gasteiger partial charge in [0.2, 0.25) is 0 Å². The van der Waals surface area contributed by atoms with E-state index in [2.05, 4.69) is 26.0 Å². The monoisotopic (exact) mass is 357 g/mol. The Bertz CT molecular complexity index is 690. The first kappa shape index (κ1) is 17.2. The van der Waals surface area contributed by atoms with Crippen molar-refractivity contribution in [2.24, 2.45) is 28.6 Å². The van der Waals surface area contributed by atoms with Crippen LogP contribution in [0, 0.1) is 39.9 Å². The molecule has 0 bridgehead atoms. The van der Waals surface area contributed by atoms with Crippen LogP contribution in [0.3, 0.4) is 0 Å². The van der Waals surface area contributed by atoms with E-state index in [1.807, 2.05) is 0 Å². The zero-order valence-corrected chi connectivity index (χ0v) is 16.1. The van der Waals surface area contributed by atoms with Crippen LogP contribution in [0.25, 0.3) is 0 Å². The first-order chi connectivity index (χ1) is 12.4. The Kier molecular flexibility index (Phi) is 3.54. The largest absolute Gasteiger partial charge is 0.375 e. The molecule has 5 rings (SSSR count). The molecule has 4 heteroatoms. The summed E-state index contributed by atoms with van der Waals surface area (Å²) in [5.74, 6) is 1.38. The lowest BCUT2D eigenvalue weighted by atomic mass is 9.47. The van der Waals surface area contributed by atoms with Gasteiger partial charge in [0.15, 0.2) is 11.4 Å². The molecule has 0 amide bonds. The number of aliphatic hydroxyl groups is 1. The minimum absolute atomic E-state index is 0.234. The number of allylic oxidation sites excluding steroid dienone is 1. The average Bonchev–Trinajstić information content (AvgIpc) is 3.19.